The van der Waals surface area contributed by atoms with E-state index in [9.17, 15) is 4.39 Å². The molecule has 0 spiro atoms. The third-order valence-corrected chi connectivity index (χ3v) is 3.95. The summed E-state index contributed by atoms with van der Waals surface area (Å²) in [5.41, 5.74) is 3.42. The Morgan fingerprint density at radius 1 is 1.00 bits per heavy atom. The summed E-state index contributed by atoms with van der Waals surface area (Å²) < 4.78 is 18.5. The summed E-state index contributed by atoms with van der Waals surface area (Å²) in [5.74, 6) is 0.572. The molecule has 2 aromatic rings. The van der Waals surface area contributed by atoms with Gasteiger partial charge in [0.05, 0.1) is 13.2 Å². The van der Waals surface area contributed by atoms with Gasteiger partial charge in [-0.1, -0.05) is 36.4 Å². The summed E-state index contributed by atoms with van der Waals surface area (Å²) in [5, 5.41) is 6.59. The Morgan fingerprint density at radius 2 is 1.70 bits per heavy atom. The Bertz CT molecular complexity index is 692. The van der Waals surface area contributed by atoms with Gasteiger partial charge in [0.25, 0.3) is 0 Å². The first-order chi connectivity index (χ1) is 12.7. The molecule has 0 aliphatic rings. The molecule has 0 radical (unpaired) electrons. The van der Waals surface area contributed by atoms with Crippen molar-refractivity contribution >= 4 is 29.9 Å². The van der Waals surface area contributed by atoms with Crippen LogP contribution in [0, 0.1) is 5.82 Å². The van der Waals surface area contributed by atoms with Crippen LogP contribution in [-0.4, -0.2) is 25.7 Å². The van der Waals surface area contributed by atoms with Gasteiger partial charge in [0.1, 0.15) is 5.82 Å². The molecule has 2 rings (SSSR count). The number of hydrogen-bond acceptors (Lipinski definition) is 2. The van der Waals surface area contributed by atoms with Crippen LogP contribution >= 0.6 is 24.0 Å². The minimum absolute atomic E-state index is 0. The fourth-order valence-corrected chi connectivity index (χ4v) is 2.55. The number of aliphatic imine (C=N–C) groups is 1. The summed E-state index contributed by atoms with van der Waals surface area (Å²) in [6.07, 6.45) is 0.811. The van der Waals surface area contributed by atoms with Gasteiger partial charge in [-0.3, -0.25) is 0 Å². The average Bonchev–Trinajstić information content (AvgIpc) is 2.66. The second-order valence-corrected chi connectivity index (χ2v) is 5.90. The third-order valence-electron chi connectivity index (χ3n) is 3.95. The molecular weight excluding hydrogens is 456 g/mol. The van der Waals surface area contributed by atoms with Crippen LogP contribution in [0.15, 0.2) is 53.5 Å². The fraction of sp³-hybridized carbons (Fsp3) is 0.381. The first-order valence-electron chi connectivity index (χ1n) is 9.14. The zero-order chi connectivity index (χ0) is 18.6. The lowest BCUT2D eigenvalue weighted by atomic mass is 10.1. The lowest BCUT2D eigenvalue weighted by molar-refractivity contribution is 0.133. The largest absolute Gasteiger partial charge is 0.377 e. The van der Waals surface area contributed by atoms with E-state index in [0.29, 0.717) is 19.8 Å². The maximum absolute atomic E-state index is 13.0. The number of hydrogen-bond donors (Lipinski definition) is 2. The van der Waals surface area contributed by atoms with Crippen molar-refractivity contribution in [1.82, 2.24) is 10.6 Å². The Hall–Kier alpha value is -1.67. The molecule has 0 aliphatic heterocycles. The van der Waals surface area contributed by atoms with Gasteiger partial charge >= 0.3 is 0 Å². The molecule has 0 saturated carbocycles. The van der Waals surface area contributed by atoms with Crippen molar-refractivity contribution in [2.45, 2.75) is 33.4 Å². The first kappa shape index (κ1) is 23.4. The van der Waals surface area contributed by atoms with Crippen molar-refractivity contribution in [3.05, 3.63) is 71.0 Å². The number of nitrogens with one attached hydrogen (secondary N) is 2. The number of guanidine groups is 1. The first-order valence-corrected chi connectivity index (χ1v) is 9.14. The lowest BCUT2D eigenvalue weighted by Crippen LogP contribution is -2.38. The highest BCUT2D eigenvalue weighted by Gasteiger charge is 2.03. The Morgan fingerprint density at radius 3 is 2.37 bits per heavy atom. The second kappa shape index (κ2) is 13.5. The van der Waals surface area contributed by atoms with Gasteiger partial charge in [-0.25, -0.2) is 9.38 Å². The van der Waals surface area contributed by atoms with Crippen LogP contribution in [0.25, 0.3) is 0 Å². The highest BCUT2D eigenvalue weighted by Crippen LogP contribution is 2.11. The number of rotatable bonds is 9. The molecule has 6 heteroatoms. The monoisotopic (exact) mass is 485 g/mol. The SMILES string of the molecule is CCNC(=NCc1ccccc1COCC)NCCc1ccc(F)cc1.I. The van der Waals surface area contributed by atoms with E-state index in [1.807, 2.05) is 38.1 Å². The van der Waals surface area contributed by atoms with Crippen LogP contribution in [0.3, 0.4) is 0 Å². The summed E-state index contributed by atoms with van der Waals surface area (Å²) in [7, 11) is 0. The van der Waals surface area contributed by atoms with Crippen molar-refractivity contribution in [2.75, 3.05) is 19.7 Å². The zero-order valence-corrected chi connectivity index (χ0v) is 18.3. The smallest absolute Gasteiger partial charge is 0.191 e. The van der Waals surface area contributed by atoms with Crippen LogP contribution < -0.4 is 10.6 Å². The number of benzene rings is 2. The summed E-state index contributed by atoms with van der Waals surface area (Å²) in [4.78, 5) is 4.68. The van der Waals surface area contributed by atoms with Crippen molar-refractivity contribution < 1.29 is 9.13 Å². The average molecular weight is 485 g/mol. The van der Waals surface area contributed by atoms with Crippen LogP contribution in [0.1, 0.15) is 30.5 Å². The maximum Gasteiger partial charge on any atom is 0.191 e. The quantitative estimate of drug-likeness (QED) is 0.317. The predicted octanol–water partition coefficient (Wildman–Crippen LogP) is 4.28. The van der Waals surface area contributed by atoms with Crippen LogP contribution in [0.5, 0.6) is 0 Å². The highest BCUT2D eigenvalue weighted by molar-refractivity contribution is 14.0. The van der Waals surface area contributed by atoms with Crippen molar-refractivity contribution in [2.24, 2.45) is 4.99 Å². The van der Waals surface area contributed by atoms with Crippen molar-refractivity contribution in [3.8, 4) is 0 Å². The molecule has 4 nitrogen and oxygen atoms in total. The van der Waals surface area contributed by atoms with E-state index in [2.05, 4.69) is 27.8 Å². The van der Waals surface area contributed by atoms with E-state index in [0.717, 1.165) is 36.6 Å². The van der Waals surface area contributed by atoms with Gasteiger partial charge in [-0.15, -0.1) is 24.0 Å². The Kier molecular flexibility index (Phi) is 11.7. The molecule has 0 bridgehead atoms. The number of halogens is 2. The van der Waals surface area contributed by atoms with E-state index in [1.165, 1.54) is 17.7 Å². The minimum atomic E-state index is -0.206. The molecule has 0 atom stereocenters. The van der Waals surface area contributed by atoms with Crippen molar-refractivity contribution in [1.29, 1.82) is 0 Å². The molecule has 27 heavy (non-hydrogen) atoms. The van der Waals surface area contributed by atoms with Crippen LogP contribution in [-0.2, 0) is 24.3 Å². The van der Waals surface area contributed by atoms with E-state index in [1.54, 1.807) is 0 Å². The highest BCUT2D eigenvalue weighted by atomic mass is 127. The Balaban J connectivity index is 0.00000364. The molecule has 0 heterocycles. The molecule has 148 valence electrons. The van der Waals surface area contributed by atoms with E-state index in [-0.39, 0.29) is 29.8 Å². The number of ether oxygens (including phenoxy) is 1. The minimum Gasteiger partial charge on any atom is -0.377 e. The van der Waals surface area contributed by atoms with Gasteiger partial charge in [0, 0.05) is 19.7 Å². The molecule has 0 unspecified atom stereocenters. The topological polar surface area (TPSA) is 45.7 Å². The van der Waals surface area contributed by atoms with E-state index >= 15 is 0 Å². The molecule has 0 fully saturated rings. The van der Waals surface area contributed by atoms with Gasteiger partial charge in [-0.05, 0) is 49.1 Å². The molecular formula is C21H29FIN3O. The standard InChI is InChI=1S/C21H28FN3O.HI/c1-3-23-21(24-14-13-17-9-11-20(22)12-10-17)25-15-18-7-5-6-8-19(18)16-26-4-2;/h5-12H,3-4,13-16H2,1-2H3,(H2,23,24,25);1H. The van der Waals surface area contributed by atoms with Gasteiger partial charge in [0.15, 0.2) is 5.96 Å². The zero-order valence-electron chi connectivity index (χ0n) is 16.0. The normalized spacial score (nSPS) is 11.0. The van der Waals surface area contributed by atoms with E-state index in [4.69, 9.17) is 4.74 Å². The second-order valence-electron chi connectivity index (χ2n) is 5.90. The number of nitrogens with zero attached hydrogens (tertiary/aromatic N) is 1. The lowest BCUT2D eigenvalue weighted by Gasteiger charge is -2.12. The van der Waals surface area contributed by atoms with Crippen LogP contribution in [0.4, 0.5) is 4.39 Å². The van der Waals surface area contributed by atoms with E-state index < -0.39 is 0 Å². The Labute approximate surface area is 178 Å². The predicted molar refractivity (Wildman–Crippen MR) is 120 cm³/mol. The van der Waals surface area contributed by atoms with Gasteiger partial charge in [0.2, 0.25) is 0 Å². The molecule has 2 aromatic carbocycles. The maximum atomic E-state index is 13.0. The summed E-state index contributed by atoms with van der Waals surface area (Å²) in [6, 6.07) is 14.8. The fourth-order valence-electron chi connectivity index (χ4n) is 2.55. The summed E-state index contributed by atoms with van der Waals surface area (Å²) >= 11 is 0. The van der Waals surface area contributed by atoms with Gasteiger partial charge in [-0.2, -0.15) is 0 Å². The molecule has 2 N–H and O–H groups in total. The summed E-state index contributed by atoms with van der Waals surface area (Å²) in [6.45, 7) is 7.47. The molecule has 0 saturated heterocycles. The van der Waals surface area contributed by atoms with Crippen molar-refractivity contribution in [3.63, 3.8) is 0 Å². The van der Waals surface area contributed by atoms with Gasteiger partial charge < -0.3 is 15.4 Å². The third kappa shape index (κ3) is 8.71. The molecule has 0 aliphatic carbocycles. The molecule has 0 aromatic heterocycles. The van der Waals surface area contributed by atoms with Crippen LogP contribution in [0.2, 0.25) is 0 Å². The molecule has 0 amide bonds.